The first-order valence-corrected chi connectivity index (χ1v) is 8.02. The van der Waals surface area contributed by atoms with Gasteiger partial charge in [0, 0.05) is 13.6 Å². The number of amidine groups is 1. The number of aryl methyl sites for hydroxylation is 1. The largest absolute Gasteiger partial charge is 0.384 e. The molecule has 0 amide bonds. The number of nitrogens with zero attached hydrogens (tertiary/aromatic N) is 3. The summed E-state index contributed by atoms with van der Waals surface area (Å²) in [5.74, 6) is 1.60. The Labute approximate surface area is 127 Å². The summed E-state index contributed by atoms with van der Waals surface area (Å²) in [4.78, 5) is 2.14. The fourth-order valence-corrected chi connectivity index (χ4v) is 3.38. The summed E-state index contributed by atoms with van der Waals surface area (Å²) in [5.41, 5.74) is 8.67. The van der Waals surface area contributed by atoms with Gasteiger partial charge in [-0.3, -0.25) is 5.41 Å². The van der Waals surface area contributed by atoms with E-state index in [1.165, 1.54) is 25.7 Å². The summed E-state index contributed by atoms with van der Waals surface area (Å²) in [5, 5.41) is 16.7. The van der Waals surface area contributed by atoms with Crippen molar-refractivity contribution in [3.05, 3.63) is 16.8 Å². The number of rotatable bonds is 6. The average molecular weight is 289 g/mol. The highest BCUT2D eigenvalue weighted by Crippen LogP contribution is 2.28. The Balaban J connectivity index is 2.35. The van der Waals surface area contributed by atoms with Gasteiger partial charge in [-0.25, -0.2) is 0 Å². The molecule has 2 rings (SSSR count). The molecule has 1 aromatic heterocycles. The molecule has 5 nitrogen and oxygen atoms in total. The number of hydrogen-bond acceptors (Lipinski definition) is 4. The van der Waals surface area contributed by atoms with Crippen molar-refractivity contribution in [3.63, 3.8) is 0 Å². The summed E-state index contributed by atoms with van der Waals surface area (Å²) >= 11 is 0. The van der Waals surface area contributed by atoms with Crippen molar-refractivity contribution in [2.24, 2.45) is 11.7 Å². The van der Waals surface area contributed by atoms with E-state index in [-0.39, 0.29) is 5.84 Å². The second-order valence-electron chi connectivity index (χ2n) is 5.98. The minimum atomic E-state index is 0.102. The molecule has 1 heterocycles. The Morgan fingerprint density at radius 3 is 2.43 bits per heavy atom. The summed E-state index contributed by atoms with van der Waals surface area (Å²) in [7, 11) is 2.04. The third-order valence-electron chi connectivity index (χ3n) is 4.47. The number of anilines is 1. The van der Waals surface area contributed by atoms with Crippen LogP contribution in [-0.2, 0) is 12.8 Å². The standard InChI is InChI=1S/C16H27N5/c1-4-12-13(5-2)19-20-16(14(12)15(17)18)21(3)10-11-8-6-7-9-11/h11H,4-10H2,1-3H3,(H3,17,18). The molecule has 21 heavy (non-hydrogen) atoms. The highest BCUT2D eigenvalue weighted by molar-refractivity contribution is 6.01. The second-order valence-corrected chi connectivity index (χ2v) is 5.98. The predicted molar refractivity (Wildman–Crippen MR) is 87.0 cm³/mol. The Bertz CT molecular complexity index is 506. The van der Waals surface area contributed by atoms with Gasteiger partial charge in [0.1, 0.15) is 5.84 Å². The van der Waals surface area contributed by atoms with E-state index < -0.39 is 0 Å². The van der Waals surface area contributed by atoms with Crippen molar-refractivity contribution >= 4 is 11.7 Å². The molecule has 1 aliphatic rings. The molecule has 1 aliphatic carbocycles. The van der Waals surface area contributed by atoms with Crippen LogP contribution in [0.1, 0.15) is 56.4 Å². The summed E-state index contributed by atoms with van der Waals surface area (Å²) in [6.45, 7) is 5.13. The average Bonchev–Trinajstić information content (AvgIpc) is 2.98. The van der Waals surface area contributed by atoms with Gasteiger partial charge in [0.2, 0.25) is 0 Å². The van der Waals surface area contributed by atoms with Crippen molar-refractivity contribution in [2.75, 3.05) is 18.5 Å². The van der Waals surface area contributed by atoms with Gasteiger partial charge in [-0.05, 0) is 37.2 Å². The SMILES string of the molecule is CCc1nnc(N(C)CC2CCCC2)c(C(=N)N)c1CC. The third kappa shape index (κ3) is 3.34. The van der Waals surface area contributed by atoms with Crippen LogP contribution in [-0.4, -0.2) is 29.6 Å². The van der Waals surface area contributed by atoms with Crippen molar-refractivity contribution in [2.45, 2.75) is 52.4 Å². The van der Waals surface area contributed by atoms with Crippen molar-refractivity contribution in [1.82, 2.24) is 10.2 Å². The summed E-state index contributed by atoms with van der Waals surface area (Å²) in [6, 6.07) is 0. The van der Waals surface area contributed by atoms with E-state index in [1.807, 2.05) is 7.05 Å². The molecule has 3 N–H and O–H groups in total. The number of nitrogens with two attached hydrogens (primary N) is 1. The molecule has 0 radical (unpaired) electrons. The molecule has 0 saturated heterocycles. The van der Waals surface area contributed by atoms with Crippen LogP contribution in [0.25, 0.3) is 0 Å². The molecule has 0 atom stereocenters. The lowest BCUT2D eigenvalue weighted by molar-refractivity contribution is 0.543. The quantitative estimate of drug-likeness (QED) is 0.623. The summed E-state index contributed by atoms with van der Waals surface area (Å²) < 4.78 is 0. The number of hydrogen-bond donors (Lipinski definition) is 2. The van der Waals surface area contributed by atoms with E-state index in [2.05, 4.69) is 28.9 Å². The summed E-state index contributed by atoms with van der Waals surface area (Å²) in [6.07, 6.45) is 6.90. The van der Waals surface area contributed by atoms with Crippen molar-refractivity contribution < 1.29 is 0 Å². The van der Waals surface area contributed by atoms with Gasteiger partial charge in [-0.2, -0.15) is 5.10 Å². The van der Waals surface area contributed by atoms with Crippen LogP contribution < -0.4 is 10.6 Å². The zero-order valence-corrected chi connectivity index (χ0v) is 13.4. The van der Waals surface area contributed by atoms with Gasteiger partial charge in [-0.15, -0.1) is 5.10 Å². The Morgan fingerprint density at radius 2 is 1.90 bits per heavy atom. The minimum Gasteiger partial charge on any atom is -0.384 e. The van der Waals surface area contributed by atoms with Crippen LogP contribution in [0.15, 0.2) is 0 Å². The monoisotopic (exact) mass is 289 g/mol. The van der Waals surface area contributed by atoms with E-state index in [0.29, 0.717) is 0 Å². The number of nitrogens with one attached hydrogen (secondary N) is 1. The second kappa shape index (κ2) is 6.87. The fraction of sp³-hybridized carbons (Fsp3) is 0.688. The van der Waals surface area contributed by atoms with E-state index in [9.17, 15) is 0 Å². The lowest BCUT2D eigenvalue weighted by atomic mass is 10.0. The Hall–Kier alpha value is -1.65. The molecular weight excluding hydrogens is 262 g/mol. The smallest absolute Gasteiger partial charge is 0.162 e. The van der Waals surface area contributed by atoms with Gasteiger partial charge in [0.25, 0.3) is 0 Å². The highest BCUT2D eigenvalue weighted by atomic mass is 15.3. The zero-order chi connectivity index (χ0) is 15.4. The maximum absolute atomic E-state index is 7.95. The maximum atomic E-state index is 7.95. The first kappa shape index (κ1) is 15.7. The van der Waals surface area contributed by atoms with Gasteiger partial charge >= 0.3 is 0 Å². The Morgan fingerprint density at radius 1 is 1.24 bits per heavy atom. The van der Waals surface area contributed by atoms with Gasteiger partial charge < -0.3 is 10.6 Å². The molecule has 5 heteroatoms. The lowest BCUT2D eigenvalue weighted by Gasteiger charge is -2.25. The van der Waals surface area contributed by atoms with E-state index in [4.69, 9.17) is 11.1 Å². The topological polar surface area (TPSA) is 78.9 Å². The number of nitrogen functional groups attached to an aromatic ring is 1. The van der Waals surface area contributed by atoms with Crippen molar-refractivity contribution in [3.8, 4) is 0 Å². The molecule has 1 fully saturated rings. The third-order valence-corrected chi connectivity index (χ3v) is 4.47. The van der Waals surface area contributed by atoms with Crippen LogP contribution >= 0.6 is 0 Å². The lowest BCUT2D eigenvalue weighted by Crippen LogP contribution is -2.30. The first-order chi connectivity index (χ1) is 10.1. The fourth-order valence-electron chi connectivity index (χ4n) is 3.38. The normalized spacial score (nSPS) is 15.4. The van der Waals surface area contributed by atoms with Crippen LogP contribution in [0.3, 0.4) is 0 Å². The molecule has 0 aliphatic heterocycles. The van der Waals surface area contributed by atoms with Gasteiger partial charge in [-0.1, -0.05) is 26.7 Å². The first-order valence-electron chi connectivity index (χ1n) is 8.02. The zero-order valence-electron chi connectivity index (χ0n) is 13.4. The molecule has 0 unspecified atom stereocenters. The minimum absolute atomic E-state index is 0.102. The van der Waals surface area contributed by atoms with E-state index >= 15 is 0 Å². The van der Waals surface area contributed by atoms with Gasteiger partial charge in [0.05, 0.1) is 11.3 Å². The molecule has 1 saturated carbocycles. The Kier molecular flexibility index (Phi) is 5.15. The van der Waals surface area contributed by atoms with Crippen LogP contribution in [0.5, 0.6) is 0 Å². The molecule has 0 aromatic carbocycles. The number of aromatic nitrogens is 2. The molecule has 116 valence electrons. The van der Waals surface area contributed by atoms with Crippen LogP contribution in [0, 0.1) is 11.3 Å². The van der Waals surface area contributed by atoms with E-state index in [0.717, 1.165) is 47.9 Å². The molecular formula is C16H27N5. The highest BCUT2D eigenvalue weighted by Gasteiger charge is 2.22. The molecule has 0 spiro atoms. The molecule has 1 aromatic rings. The molecule has 0 bridgehead atoms. The van der Waals surface area contributed by atoms with Crippen LogP contribution in [0.4, 0.5) is 5.82 Å². The van der Waals surface area contributed by atoms with Gasteiger partial charge in [0.15, 0.2) is 5.82 Å². The predicted octanol–water partition coefficient (Wildman–Crippen LogP) is 2.51. The van der Waals surface area contributed by atoms with E-state index in [1.54, 1.807) is 0 Å². The maximum Gasteiger partial charge on any atom is 0.162 e. The van der Waals surface area contributed by atoms with Crippen molar-refractivity contribution in [1.29, 1.82) is 5.41 Å². The van der Waals surface area contributed by atoms with Crippen LogP contribution in [0.2, 0.25) is 0 Å².